The summed E-state index contributed by atoms with van der Waals surface area (Å²) in [6, 6.07) is 5.77. The molecule has 4 nitrogen and oxygen atoms in total. The Morgan fingerprint density at radius 2 is 2.33 bits per heavy atom. The van der Waals surface area contributed by atoms with E-state index in [1.165, 1.54) is 12.1 Å². The lowest BCUT2D eigenvalue weighted by Crippen LogP contribution is -2.16. The van der Waals surface area contributed by atoms with E-state index < -0.39 is 5.82 Å². The summed E-state index contributed by atoms with van der Waals surface area (Å²) in [6.45, 7) is 2.48. The van der Waals surface area contributed by atoms with Crippen LogP contribution in [0.4, 0.5) is 10.1 Å². The number of nitrogens with zero attached hydrogens (tertiary/aromatic N) is 1. The van der Waals surface area contributed by atoms with Crippen LogP contribution in [0.2, 0.25) is 0 Å². The number of anilines is 1. The molecule has 1 atom stereocenters. The predicted octanol–water partition coefficient (Wildman–Crippen LogP) is 2.01. The number of hydrogen-bond donors (Lipinski definition) is 2. The second-order valence-corrected chi connectivity index (χ2v) is 4.23. The zero-order valence-corrected chi connectivity index (χ0v) is 10.2. The van der Waals surface area contributed by atoms with E-state index in [-0.39, 0.29) is 23.1 Å². The average molecular weight is 249 g/mol. The van der Waals surface area contributed by atoms with Crippen LogP contribution in [0.1, 0.15) is 25.3 Å². The van der Waals surface area contributed by atoms with Gasteiger partial charge in [-0.2, -0.15) is 5.26 Å². The number of nitrogens with two attached hydrogens (primary N) is 1. The fourth-order valence-corrected chi connectivity index (χ4v) is 1.39. The van der Waals surface area contributed by atoms with E-state index in [0.717, 1.165) is 6.07 Å². The van der Waals surface area contributed by atoms with E-state index in [2.05, 4.69) is 5.32 Å². The maximum Gasteiger partial charge on any atom is 0.224 e. The van der Waals surface area contributed by atoms with Crippen LogP contribution in [0.3, 0.4) is 0 Å². The Labute approximate surface area is 106 Å². The van der Waals surface area contributed by atoms with Gasteiger partial charge >= 0.3 is 0 Å². The molecule has 0 aromatic heterocycles. The van der Waals surface area contributed by atoms with E-state index >= 15 is 0 Å². The van der Waals surface area contributed by atoms with Crippen LogP contribution < -0.4 is 11.1 Å². The first-order valence-corrected chi connectivity index (χ1v) is 5.76. The summed E-state index contributed by atoms with van der Waals surface area (Å²) in [5, 5.41) is 11.1. The molecule has 1 aromatic carbocycles. The zero-order valence-electron chi connectivity index (χ0n) is 10.2. The van der Waals surface area contributed by atoms with Gasteiger partial charge in [0, 0.05) is 6.42 Å². The van der Waals surface area contributed by atoms with E-state index in [4.69, 9.17) is 11.0 Å². The van der Waals surface area contributed by atoms with Gasteiger partial charge in [-0.15, -0.1) is 0 Å². The Balaban J connectivity index is 2.57. The number of amides is 1. The number of carbonyl (C=O) groups is 1. The molecule has 96 valence electrons. The number of halogens is 1. The van der Waals surface area contributed by atoms with Gasteiger partial charge in [-0.25, -0.2) is 4.39 Å². The maximum absolute atomic E-state index is 13.5. The highest BCUT2D eigenvalue weighted by Crippen LogP contribution is 2.16. The van der Waals surface area contributed by atoms with Crippen LogP contribution in [0, 0.1) is 23.1 Å². The molecule has 0 fully saturated rings. The molecule has 1 rings (SSSR count). The number of carbonyl (C=O) groups excluding carboxylic acids is 1. The van der Waals surface area contributed by atoms with Crippen molar-refractivity contribution in [2.24, 2.45) is 11.7 Å². The Kier molecular flexibility index (Phi) is 5.28. The minimum absolute atomic E-state index is 0.0967. The fraction of sp³-hybridized carbons (Fsp3) is 0.385. The summed E-state index contributed by atoms with van der Waals surface area (Å²) in [6.07, 6.45) is 0.970. The van der Waals surface area contributed by atoms with Gasteiger partial charge in [0.15, 0.2) is 0 Å². The van der Waals surface area contributed by atoms with Crippen LogP contribution >= 0.6 is 0 Å². The summed E-state index contributed by atoms with van der Waals surface area (Å²) in [7, 11) is 0. The molecule has 0 spiro atoms. The van der Waals surface area contributed by atoms with Crippen molar-refractivity contribution in [1.82, 2.24) is 0 Å². The minimum atomic E-state index is -0.603. The zero-order chi connectivity index (χ0) is 13.5. The average Bonchev–Trinajstić information content (AvgIpc) is 2.38. The van der Waals surface area contributed by atoms with Crippen LogP contribution in [-0.2, 0) is 4.79 Å². The summed E-state index contributed by atoms with van der Waals surface area (Å²) in [5.74, 6) is -0.588. The molecule has 0 aliphatic rings. The van der Waals surface area contributed by atoms with Crippen molar-refractivity contribution < 1.29 is 9.18 Å². The highest BCUT2D eigenvalue weighted by atomic mass is 19.1. The number of nitrogens with one attached hydrogen (secondary N) is 1. The molecule has 1 unspecified atom stereocenters. The first-order chi connectivity index (χ1) is 8.56. The third kappa shape index (κ3) is 4.15. The normalized spacial score (nSPS) is 11.7. The molecule has 0 bridgehead atoms. The van der Waals surface area contributed by atoms with Crippen molar-refractivity contribution >= 4 is 11.6 Å². The van der Waals surface area contributed by atoms with Gasteiger partial charge in [-0.3, -0.25) is 4.79 Å². The van der Waals surface area contributed by atoms with Crippen molar-refractivity contribution in [3.05, 3.63) is 29.6 Å². The van der Waals surface area contributed by atoms with Gasteiger partial charge in [-0.05, 0) is 37.1 Å². The van der Waals surface area contributed by atoms with Crippen LogP contribution in [0.25, 0.3) is 0 Å². The number of rotatable bonds is 5. The van der Waals surface area contributed by atoms with E-state index in [1.807, 2.05) is 13.0 Å². The topological polar surface area (TPSA) is 78.9 Å². The van der Waals surface area contributed by atoms with Crippen LogP contribution in [-0.4, -0.2) is 12.5 Å². The fourth-order valence-electron chi connectivity index (χ4n) is 1.39. The molecule has 1 amide bonds. The summed E-state index contributed by atoms with van der Waals surface area (Å²) in [4.78, 5) is 11.6. The van der Waals surface area contributed by atoms with Gasteiger partial charge < -0.3 is 11.1 Å². The molecule has 0 aliphatic heterocycles. The van der Waals surface area contributed by atoms with Crippen molar-refractivity contribution in [3.63, 3.8) is 0 Å². The number of hydrogen-bond acceptors (Lipinski definition) is 3. The maximum atomic E-state index is 13.5. The van der Waals surface area contributed by atoms with E-state index in [0.29, 0.717) is 19.4 Å². The molecule has 0 radical (unpaired) electrons. The lowest BCUT2D eigenvalue weighted by molar-refractivity contribution is -0.116. The number of benzene rings is 1. The Bertz CT molecular complexity index is 468. The van der Waals surface area contributed by atoms with Crippen molar-refractivity contribution in [2.45, 2.75) is 19.8 Å². The van der Waals surface area contributed by atoms with Gasteiger partial charge in [0.25, 0.3) is 0 Å². The largest absolute Gasteiger partial charge is 0.330 e. The quantitative estimate of drug-likeness (QED) is 0.837. The van der Waals surface area contributed by atoms with Gasteiger partial charge in [-0.1, -0.05) is 6.92 Å². The first kappa shape index (κ1) is 14.1. The molecule has 18 heavy (non-hydrogen) atoms. The Hall–Kier alpha value is -1.93. The highest BCUT2D eigenvalue weighted by Gasteiger charge is 2.09. The predicted molar refractivity (Wildman–Crippen MR) is 67.2 cm³/mol. The van der Waals surface area contributed by atoms with Crippen LogP contribution in [0.5, 0.6) is 0 Å². The van der Waals surface area contributed by atoms with Crippen molar-refractivity contribution in [2.75, 3.05) is 11.9 Å². The van der Waals surface area contributed by atoms with Crippen LogP contribution in [0.15, 0.2) is 18.2 Å². The molecule has 0 heterocycles. The standard InChI is InChI=1S/C13H16FN3O/c1-9(7-15)2-5-13(18)17-12-4-3-10(8-16)6-11(12)14/h3-4,6,9H,2,5,7,15H2,1H3,(H,17,18). The van der Waals surface area contributed by atoms with Crippen molar-refractivity contribution in [3.8, 4) is 6.07 Å². The lowest BCUT2D eigenvalue weighted by Gasteiger charge is -2.09. The Morgan fingerprint density at radius 3 is 2.89 bits per heavy atom. The molecular formula is C13H16FN3O. The number of nitriles is 1. The monoisotopic (exact) mass is 249 g/mol. The summed E-state index contributed by atoms with van der Waals surface area (Å²) >= 11 is 0. The van der Waals surface area contributed by atoms with Gasteiger partial charge in [0.1, 0.15) is 5.82 Å². The van der Waals surface area contributed by atoms with Crippen molar-refractivity contribution in [1.29, 1.82) is 5.26 Å². The SMILES string of the molecule is CC(CN)CCC(=O)Nc1ccc(C#N)cc1F. The second-order valence-electron chi connectivity index (χ2n) is 4.23. The third-order valence-corrected chi connectivity index (χ3v) is 2.64. The lowest BCUT2D eigenvalue weighted by atomic mass is 10.1. The summed E-state index contributed by atoms with van der Waals surface area (Å²) in [5.41, 5.74) is 5.77. The van der Waals surface area contributed by atoms with E-state index in [1.54, 1.807) is 0 Å². The molecule has 5 heteroatoms. The molecular weight excluding hydrogens is 233 g/mol. The smallest absolute Gasteiger partial charge is 0.224 e. The second kappa shape index (κ2) is 6.72. The van der Waals surface area contributed by atoms with Gasteiger partial charge in [0.05, 0.1) is 17.3 Å². The molecule has 3 N–H and O–H groups in total. The molecule has 1 aromatic rings. The molecule has 0 saturated carbocycles. The van der Waals surface area contributed by atoms with Gasteiger partial charge in [0.2, 0.25) is 5.91 Å². The first-order valence-electron chi connectivity index (χ1n) is 5.76. The van der Waals surface area contributed by atoms with E-state index in [9.17, 15) is 9.18 Å². The third-order valence-electron chi connectivity index (χ3n) is 2.64. The minimum Gasteiger partial charge on any atom is -0.330 e. The highest BCUT2D eigenvalue weighted by molar-refractivity contribution is 5.90. The summed E-state index contributed by atoms with van der Waals surface area (Å²) < 4.78 is 13.5. The molecule has 0 aliphatic carbocycles. The molecule has 0 saturated heterocycles. The Morgan fingerprint density at radius 1 is 1.61 bits per heavy atom.